The number of rotatable bonds is 2. The lowest BCUT2D eigenvalue weighted by atomic mass is 10.2. The Labute approximate surface area is 222 Å². The first-order valence-corrected chi connectivity index (χ1v) is 13.0. The van der Waals surface area contributed by atoms with Gasteiger partial charge in [0, 0.05) is 33.9 Å². The monoisotopic (exact) mass is 500 g/mol. The largest absolute Gasteiger partial charge is 0.451 e. The van der Waals surface area contributed by atoms with Crippen LogP contribution < -0.4 is 0 Å². The van der Waals surface area contributed by atoms with Gasteiger partial charge in [0.2, 0.25) is 0 Å². The highest BCUT2D eigenvalue weighted by Gasteiger charge is 2.21. The number of hydrogen-bond acceptors (Lipinski definition) is 3. The number of fused-ring (bicyclic) bond motifs is 9. The molecule has 9 aromatic rings. The van der Waals surface area contributed by atoms with E-state index in [9.17, 15) is 0 Å². The minimum absolute atomic E-state index is 0.793. The van der Waals surface area contributed by atoms with Crippen LogP contribution in [0.3, 0.4) is 0 Å². The molecular weight excluding hydrogens is 480 g/mol. The van der Waals surface area contributed by atoms with Gasteiger partial charge in [0.25, 0.3) is 0 Å². The SMILES string of the molecule is c1ccc2c(c1)c1ccccc1n2-c1cncc2c1oc1c(-n3c4ccccc4c4ccccc43)cncc12. The first-order valence-electron chi connectivity index (χ1n) is 13.0. The van der Waals surface area contributed by atoms with Gasteiger partial charge in [-0.2, -0.15) is 0 Å². The van der Waals surface area contributed by atoms with Crippen molar-refractivity contribution in [2.24, 2.45) is 0 Å². The predicted molar refractivity (Wildman–Crippen MR) is 158 cm³/mol. The van der Waals surface area contributed by atoms with Crippen LogP contribution in [0.15, 0.2) is 126 Å². The van der Waals surface area contributed by atoms with Gasteiger partial charge in [0.1, 0.15) is 11.4 Å². The van der Waals surface area contributed by atoms with Crippen LogP contribution in [0.1, 0.15) is 0 Å². The van der Waals surface area contributed by atoms with Crippen molar-refractivity contribution in [3.63, 3.8) is 0 Å². The lowest BCUT2D eigenvalue weighted by Crippen LogP contribution is -1.95. The number of pyridine rings is 2. The molecule has 39 heavy (non-hydrogen) atoms. The molecule has 182 valence electrons. The predicted octanol–water partition coefficient (Wildman–Crippen LogP) is 8.57. The second-order valence-corrected chi connectivity index (χ2v) is 9.91. The fraction of sp³-hybridized carbons (Fsp3) is 0. The maximum Gasteiger partial charge on any atom is 0.162 e. The summed E-state index contributed by atoms with van der Waals surface area (Å²) in [5.41, 5.74) is 7.89. The summed E-state index contributed by atoms with van der Waals surface area (Å²) in [6, 6.07) is 34.0. The van der Waals surface area contributed by atoms with Crippen LogP contribution in [-0.2, 0) is 0 Å². The first-order chi connectivity index (χ1) is 19.4. The second kappa shape index (κ2) is 7.55. The van der Waals surface area contributed by atoms with Gasteiger partial charge in [-0.1, -0.05) is 72.8 Å². The smallest absolute Gasteiger partial charge is 0.162 e. The Hall–Kier alpha value is -5.42. The summed E-state index contributed by atoms with van der Waals surface area (Å²) in [7, 11) is 0. The van der Waals surface area contributed by atoms with Crippen LogP contribution in [0, 0.1) is 0 Å². The van der Waals surface area contributed by atoms with Crippen LogP contribution in [0.4, 0.5) is 0 Å². The maximum absolute atomic E-state index is 6.84. The molecule has 0 atom stereocenters. The van der Waals surface area contributed by atoms with Crippen molar-refractivity contribution in [1.29, 1.82) is 0 Å². The third-order valence-electron chi connectivity index (χ3n) is 7.89. The van der Waals surface area contributed by atoms with Gasteiger partial charge in [0.05, 0.1) is 45.2 Å². The lowest BCUT2D eigenvalue weighted by Gasteiger charge is -2.08. The molecule has 0 saturated heterocycles. The molecule has 0 saturated carbocycles. The summed E-state index contributed by atoms with van der Waals surface area (Å²) in [5, 5.41) is 6.70. The molecule has 0 aliphatic heterocycles. The average molecular weight is 501 g/mol. The summed E-state index contributed by atoms with van der Waals surface area (Å²) in [6.45, 7) is 0. The van der Waals surface area contributed by atoms with Crippen LogP contribution in [0.5, 0.6) is 0 Å². The summed E-state index contributed by atoms with van der Waals surface area (Å²) in [5.74, 6) is 0. The first kappa shape index (κ1) is 20.6. The van der Waals surface area contributed by atoms with E-state index in [1.165, 1.54) is 21.5 Å². The third-order valence-corrected chi connectivity index (χ3v) is 7.89. The highest BCUT2D eigenvalue weighted by Crippen LogP contribution is 2.40. The number of nitrogens with zero attached hydrogens (tertiary/aromatic N) is 4. The number of benzene rings is 4. The fourth-order valence-corrected chi connectivity index (χ4v) is 6.26. The van der Waals surface area contributed by atoms with Crippen molar-refractivity contribution in [1.82, 2.24) is 19.1 Å². The Balaban J connectivity index is 1.41. The van der Waals surface area contributed by atoms with E-state index in [-0.39, 0.29) is 0 Å². The molecule has 0 radical (unpaired) electrons. The van der Waals surface area contributed by atoms with Gasteiger partial charge in [-0.25, -0.2) is 0 Å². The fourth-order valence-electron chi connectivity index (χ4n) is 6.26. The van der Waals surface area contributed by atoms with E-state index in [1.807, 2.05) is 24.8 Å². The van der Waals surface area contributed by atoms with E-state index in [0.29, 0.717) is 0 Å². The Morgan fingerprint density at radius 2 is 0.718 bits per heavy atom. The Morgan fingerprint density at radius 1 is 0.385 bits per heavy atom. The van der Waals surface area contributed by atoms with Gasteiger partial charge in [-0.3, -0.25) is 9.97 Å². The van der Waals surface area contributed by atoms with Crippen LogP contribution in [-0.4, -0.2) is 19.1 Å². The summed E-state index contributed by atoms with van der Waals surface area (Å²) in [4.78, 5) is 9.36. The molecule has 5 heteroatoms. The van der Waals surface area contributed by atoms with Crippen molar-refractivity contribution in [2.45, 2.75) is 0 Å². The van der Waals surface area contributed by atoms with E-state index >= 15 is 0 Å². The van der Waals surface area contributed by atoms with Crippen molar-refractivity contribution in [3.05, 3.63) is 122 Å². The van der Waals surface area contributed by atoms with E-state index in [1.54, 1.807) is 0 Å². The lowest BCUT2D eigenvalue weighted by molar-refractivity contribution is 0.662. The van der Waals surface area contributed by atoms with Crippen molar-refractivity contribution in [3.8, 4) is 11.4 Å². The van der Waals surface area contributed by atoms with Crippen molar-refractivity contribution in [2.75, 3.05) is 0 Å². The Bertz CT molecular complexity index is 2130. The third kappa shape index (κ3) is 2.68. The second-order valence-electron chi connectivity index (χ2n) is 9.91. The van der Waals surface area contributed by atoms with Crippen LogP contribution in [0.25, 0.3) is 76.9 Å². The van der Waals surface area contributed by atoms with E-state index in [2.05, 4.69) is 116 Å². The van der Waals surface area contributed by atoms with E-state index in [0.717, 1.165) is 55.4 Å². The molecular formula is C34H20N4O. The molecule has 5 heterocycles. The molecule has 9 rings (SSSR count). The molecule has 0 spiro atoms. The number of furan rings is 1. The zero-order chi connectivity index (χ0) is 25.5. The average Bonchev–Trinajstić information content (AvgIpc) is 3.65. The van der Waals surface area contributed by atoms with Gasteiger partial charge in [-0.15, -0.1) is 0 Å². The molecule has 0 aliphatic carbocycles. The van der Waals surface area contributed by atoms with Gasteiger partial charge in [0.15, 0.2) is 11.2 Å². The normalized spacial score (nSPS) is 12.1. The minimum atomic E-state index is 0.793. The molecule has 0 unspecified atom stereocenters. The maximum atomic E-state index is 6.84. The summed E-state index contributed by atoms with van der Waals surface area (Å²) >= 11 is 0. The topological polar surface area (TPSA) is 48.8 Å². The standard InChI is InChI=1S/C34H20N4O/c1-5-13-27-21(9-1)22-10-2-6-14-28(22)37(27)31-19-35-17-25-26-18-36-20-32(34(26)39-33(25)31)38-29-15-7-3-11-23(29)24-12-4-8-16-30(24)38/h1-20H. The Morgan fingerprint density at radius 3 is 1.08 bits per heavy atom. The molecule has 0 N–H and O–H groups in total. The zero-order valence-corrected chi connectivity index (χ0v) is 20.7. The molecule has 0 aliphatic rings. The molecule has 0 bridgehead atoms. The van der Waals surface area contributed by atoms with E-state index in [4.69, 9.17) is 4.42 Å². The Kier molecular flexibility index (Phi) is 3.99. The number of hydrogen-bond donors (Lipinski definition) is 0. The quantitative estimate of drug-likeness (QED) is 0.239. The van der Waals surface area contributed by atoms with Crippen LogP contribution >= 0.6 is 0 Å². The highest BCUT2D eigenvalue weighted by atomic mass is 16.3. The highest BCUT2D eigenvalue weighted by molar-refractivity contribution is 6.14. The molecule has 5 nitrogen and oxygen atoms in total. The number of aromatic nitrogens is 4. The van der Waals surface area contributed by atoms with Gasteiger partial charge < -0.3 is 13.6 Å². The van der Waals surface area contributed by atoms with Crippen molar-refractivity contribution >= 4 is 65.6 Å². The molecule has 0 amide bonds. The van der Waals surface area contributed by atoms with Gasteiger partial charge in [-0.05, 0) is 24.3 Å². The zero-order valence-electron chi connectivity index (χ0n) is 20.7. The number of para-hydroxylation sites is 4. The molecule has 5 aromatic heterocycles. The summed E-state index contributed by atoms with van der Waals surface area (Å²) in [6.07, 6.45) is 7.57. The van der Waals surface area contributed by atoms with E-state index < -0.39 is 0 Å². The molecule has 4 aromatic carbocycles. The van der Waals surface area contributed by atoms with Gasteiger partial charge >= 0.3 is 0 Å². The van der Waals surface area contributed by atoms with Crippen molar-refractivity contribution < 1.29 is 4.42 Å². The summed E-state index contributed by atoms with van der Waals surface area (Å²) < 4.78 is 11.4. The minimum Gasteiger partial charge on any atom is -0.451 e. The van der Waals surface area contributed by atoms with Crippen LogP contribution in [0.2, 0.25) is 0 Å². The molecule has 0 fully saturated rings.